The quantitative estimate of drug-likeness (QED) is 0.725. The van der Waals surface area contributed by atoms with Crippen molar-refractivity contribution in [2.24, 2.45) is 0 Å². The number of hydrogen-bond donors (Lipinski definition) is 2. The van der Waals surface area contributed by atoms with Gasteiger partial charge in [-0.2, -0.15) is 0 Å². The van der Waals surface area contributed by atoms with Gasteiger partial charge < -0.3 is 14.6 Å². The van der Waals surface area contributed by atoms with Gasteiger partial charge in [-0.05, 0) is 30.9 Å². The van der Waals surface area contributed by atoms with E-state index in [2.05, 4.69) is 26.6 Å². The van der Waals surface area contributed by atoms with E-state index in [0.717, 1.165) is 19.3 Å². The number of aromatic amines is 1. The molecule has 1 fully saturated rings. The molecular formula is C18H19N3O6S. The Kier molecular flexibility index (Phi) is 5.84. The lowest BCUT2D eigenvalue weighted by Gasteiger charge is -2.18. The van der Waals surface area contributed by atoms with Crippen LogP contribution in [0.15, 0.2) is 18.2 Å². The van der Waals surface area contributed by atoms with Gasteiger partial charge in [0.15, 0.2) is 0 Å². The molecule has 1 aromatic carbocycles. The van der Waals surface area contributed by atoms with Crippen LogP contribution in [0.1, 0.15) is 48.2 Å². The summed E-state index contributed by atoms with van der Waals surface area (Å²) in [5, 5.41) is 20.3. The normalized spacial score (nSPS) is 14.8. The summed E-state index contributed by atoms with van der Waals surface area (Å²) in [7, 11) is -2.09. The number of benzene rings is 1. The molecule has 0 spiro atoms. The van der Waals surface area contributed by atoms with Crippen LogP contribution in [0.3, 0.4) is 0 Å². The third-order valence-electron chi connectivity index (χ3n) is 4.39. The topological polar surface area (TPSA) is 131 Å². The van der Waals surface area contributed by atoms with Crippen molar-refractivity contribution in [3.63, 3.8) is 0 Å². The van der Waals surface area contributed by atoms with E-state index in [1.165, 1.54) is 19.2 Å². The summed E-state index contributed by atoms with van der Waals surface area (Å²) in [5.74, 6) is 1.71. The number of nitrogens with one attached hydrogen (secondary N) is 1. The van der Waals surface area contributed by atoms with Crippen LogP contribution in [0.5, 0.6) is 17.4 Å². The van der Waals surface area contributed by atoms with Crippen molar-refractivity contribution < 1.29 is 27.8 Å². The molecular weight excluding hydrogens is 386 g/mol. The molecule has 0 atom stereocenters. The number of aromatic carboxylic acids is 1. The monoisotopic (exact) mass is 405 g/mol. The standard InChI is InChI=1S/C18H19N3O6S/c1-26-13-9-12(7-8-28(24,25)15-5-3-2-4-6-15)10-14(11-13)27-17-16(18(22)23)19-21-20-17/h9-11,15H,2-6H2,1H3,(H,22,23)(H,19,20,21). The zero-order valence-corrected chi connectivity index (χ0v) is 16.0. The third kappa shape index (κ3) is 4.61. The van der Waals surface area contributed by atoms with Crippen LogP contribution in [-0.4, -0.2) is 47.3 Å². The summed E-state index contributed by atoms with van der Waals surface area (Å²) in [6.45, 7) is 0. The maximum Gasteiger partial charge on any atom is 0.359 e. The van der Waals surface area contributed by atoms with Crippen molar-refractivity contribution in [1.29, 1.82) is 0 Å². The number of nitrogens with zero attached hydrogens (tertiary/aromatic N) is 2. The van der Waals surface area contributed by atoms with Crippen molar-refractivity contribution >= 4 is 15.8 Å². The number of carbonyl (C=O) groups is 1. The minimum atomic E-state index is -3.53. The number of hydrogen-bond acceptors (Lipinski definition) is 7. The van der Waals surface area contributed by atoms with E-state index in [1.807, 2.05) is 0 Å². The number of carboxylic acid groups (broad SMARTS) is 1. The van der Waals surface area contributed by atoms with Crippen molar-refractivity contribution in [3.8, 4) is 28.6 Å². The molecule has 0 unspecified atom stereocenters. The van der Waals surface area contributed by atoms with Crippen LogP contribution >= 0.6 is 0 Å². The molecule has 10 heteroatoms. The van der Waals surface area contributed by atoms with Crippen LogP contribution in [0.4, 0.5) is 0 Å². The van der Waals surface area contributed by atoms with Gasteiger partial charge in [0.05, 0.1) is 12.4 Å². The van der Waals surface area contributed by atoms with Gasteiger partial charge in [-0.1, -0.05) is 29.6 Å². The van der Waals surface area contributed by atoms with Crippen LogP contribution in [0, 0.1) is 11.2 Å². The summed E-state index contributed by atoms with van der Waals surface area (Å²) in [6, 6.07) is 4.55. The Morgan fingerprint density at radius 1 is 1.21 bits per heavy atom. The number of carboxylic acids is 1. The summed E-state index contributed by atoms with van der Waals surface area (Å²) in [5.41, 5.74) is 0.0458. The minimum absolute atomic E-state index is 0.190. The van der Waals surface area contributed by atoms with Crippen LogP contribution in [0.25, 0.3) is 0 Å². The van der Waals surface area contributed by atoms with E-state index in [-0.39, 0.29) is 17.3 Å². The van der Waals surface area contributed by atoms with Gasteiger partial charge in [0.2, 0.25) is 15.5 Å². The molecule has 1 saturated carbocycles. The van der Waals surface area contributed by atoms with Crippen molar-refractivity contribution in [2.75, 3.05) is 7.11 Å². The van der Waals surface area contributed by atoms with E-state index in [9.17, 15) is 13.2 Å². The maximum atomic E-state index is 12.5. The maximum absolute atomic E-state index is 12.5. The Bertz CT molecular complexity index is 1030. The average Bonchev–Trinajstić information content (AvgIpc) is 3.15. The number of H-pyrrole nitrogens is 1. The van der Waals surface area contributed by atoms with Crippen molar-refractivity contribution in [1.82, 2.24) is 15.4 Å². The zero-order chi connectivity index (χ0) is 20.1. The number of ether oxygens (including phenoxy) is 2. The molecule has 0 bridgehead atoms. The highest BCUT2D eigenvalue weighted by molar-refractivity contribution is 7.96. The van der Waals surface area contributed by atoms with Crippen LogP contribution < -0.4 is 9.47 Å². The fourth-order valence-corrected chi connectivity index (χ4v) is 4.33. The second-order valence-electron chi connectivity index (χ2n) is 6.33. The van der Waals surface area contributed by atoms with Gasteiger partial charge in [-0.3, -0.25) is 0 Å². The highest BCUT2D eigenvalue weighted by Crippen LogP contribution is 2.28. The molecule has 2 aromatic rings. The van der Waals surface area contributed by atoms with Crippen LogP contribution in [0.2, 0.25) is 0 Å². The predicted molar refractivity (Wildman–Crippen MR) is 99.1 cm³/mol. The summed E-state index contributed by atoms with van der Waals surface area (Å²) >= 11 is 0. The molecule has 1 aliphatic rings. The first-order valence-electron chi connectivity index (χ1n) is 8.67. The van der Waals surface area contributed by atoms with Crippen LogP contribution in [-0.2, 0) is 9.84 Å². The molecule has 9 nitrogen and oxygen atoms in total. The van der Waals surface area contributed by atoms with E-state index in [1.54, 1.807) is 6.07 Å². The zero-order valence-electron chi connectivity index (χ0n) is 15.1. The lowest BCUT2D eigenvalue weighted by Crippen LogP contribution is -2.22. The molecule has 28 heavy (non-hydrogen) atoms. The van der Waals surface area contributed by atoms with E-state index < -0.39 is 21.1 Å². The van der Waals surface area contributed by atoms with E-state index >= 15 is 0 Å². The molecule has 1 heterocycles. The number of rotatable bonds is 5. The first-order chi connectivity index (χ1) is 13.4. The molecule has 1 aromatic heterocycles. The van der Waals surface area contributed by atoms with Gasteiger partial charge in [0, 0.05) is 16.9 Å². The molecule has 0 aliphatic heterocycles. The van der Waals surface area contributed by atoms with Crippen molar-refractivity contribution in [2.45, 2.75) is 37.4 Å². The second kappa shape index (κ2) is 8.31. The fourth-order valence-electron chi connectivity index (χ4n) is 2.95. The highest BCUT2D eigenvalue weighted by atomic mass is 32.2. The molecule has 148 valence electrons. The highest BCUT2D eigenvalue weighted by Gasteiger charge is 2.25. The molecule has 2 N–H and O–H groups in total. The van der Waals surface area contributed by atoms with Gasteiger partial charge in [0.25, 0.3) is 5.88 Å². The first-order valence-corrected chi connectivity index (χ1v) is 10.2. The Balaban J connectivity index is 1.87. The smallest absolute Gasteiger partial charge is 0.359 e. The Hall–Kier alpha value is -3.06. The first kappa shape index (κ1) is 19.7. The largest absolute Gasteiger partial charge is 0.497 e. The number of sulfone groups is 1. The molecule has 0 radical (unpaired) electrons. The number of methoxy groups -OCH3 is 1. The molecule has 1 aliphatic carbocycles. The Morgan fingerprint density at radius 2 is 1.93 bits per heavy atom. The SMILES string of the molecule is COc1cc(C#CS(=O)(=O)C2CCCCC2)cc(Oc2nn[nH]c2C(=O)O)c1. The van der Waals surface area contributed by atoms with Gasteiger partial charge in [-0.25, -0.2) is 18.3 Å². The number of aromatic nitrogens is 3. The molecule has 0 amide bonds. The lowest BCUT2D eigenvalue weighted by atomic mass is 10.0. The van der Waals surface area contributed by atoms with Gasteiger partial charge >= 0.3 is 5.97 Å². The minimum Gasteiger partial charge on any atom is -0.497 e. The van der Waals surface area contributed by atoms with Crippen molar-refractivity contribution in [3.05, 3.63) is 29.5 Å². The van der Waals surface area contributed by atoms with E-state index in [0.29, 0.717) is 24.2 Å². The lowest BCUT2D eigenvalue weighted by molar-refractivity contribution is 0.0687. The predicted octanol–water partition coefficient (Wildman–Crippen LogP) is 2.36. The molecule has 0 saturated heterocycles. The second-order valence-corrected chi connectivity index (χ2v) is 8.29. The van der Waals surface area contributed by atoms with Gasteiger partial charge in [0.1, 0.15) is 11.5 Å². The summed E-state index contributed by atoms with van der Waals surface area (Å²) in [4.78, 5) is 11.1. The van der Waals surface area contributed by atoms with Gasteiger partial charge in [-0.15, -0.1) is 0 Å². The Labute approximate surface area is 162 Å². The summed E-state index contributed by atoms with van der Waals surface area (Å²) in [6.07, 6.45) is 4.11. The fraction of sp³-hybridized carbons (Fsp3) is 0.389. The third-order valence-corrected chi connectivity index (χ3v) is 6.12. The Morgan fingerprint density at radius 3 is 2.61 bits per heavy atom. The average molecular weight is 405 g/mol. The molecule has 3 rings (SSSR count). The van der Waals surface area contributed by atoms with E-state index in [4.69, 9.17) is 14.6 Å². The summed E-state index contributed by atoms with van der Waals surface area (Å²) < 4.78 is 35.5.